The molecule has 0 spiro atoms. The lowest BCUT2D eigenvalue weighted by Gasteiger charge is -2.29. The second kappa shape index (κ2) is 54.8. The first-order chi connectivity index (χ1) is 42.2. The van der Waals surface area contributed by atoms with Crippen molar-refractivity contribution in [3.05, 3.63) is 0 Å². The zero-order chi connectivity index (χ0) is 65.5. The maximum absolute atomic E-state index is 12.8. The van der Waals surface area contributed by atoms with Crippen LogP contribution in [0.4, 0.5) is 0 Å². The molecule has 0 rings (SSSR count). The van der Waals surface area contributed by atoms with Crippen LogP contribution in [0.5, 0.6) is 0 Å². The van der Waals surface area contributed by atoms with Crippen molar-refractivity contribution in [2.45, 2.75) is 116 Å². The number of primary amides is 1. The molecule has 0 aliphatic carbocycles. The third-order valence-electron chi connectivity index (χ3n) is 12.5. The van der Waals surface area contributed by atoms with Crippen molar-refractivity contribution in [1.82, 2.24) is 58.5 Å². The first-order valence-corrected chi connectivity index (χ1v) is 29.6. The SMILES string of the molecule is C/C(=N\O)C(C)NCC(CNC(C)(C)/C(C)=N/O)NC(=O)CCCC(=O)NCCCC[C@H](NCNC(=O)COCCOCCNC(=O)COCCOCCNC(=O)CCCC(=O)NCCOCCOCC(=O)NCCOCCOCC(=O)NCN)C(N)=O. The van der Waals surface area contributed by atoms with Gasteiger partial charge in [0.25, 0.3) is 0 Å². The van der Waals surface area contributed by atoms with E-state index in [0.29, 0.717) is 63.2 Å². The summed E-state index contributed by atoms with van der Waals surface area (Å²) in [6.45, 7) is 12.7. The molecule has 508 valence electrons. The minimum Gasteiger partial charge on any atom is -0.411 e. The molecule has 34 nitrogen and oxygen atoms in total. The maximum Gasteiger partial charge on any atom is 0.246 e. The summed E-state index contributed by atoms with van der Waals surface area (Å²) in [5.74, 6) is -2.91. The van der Waals surface area contributed by atoms with E-state index >= 15 is 0 Å². The average molecular weight is 1270 g/mol. The Morgan fingerprint density at radius 3 is 1.28 bits per heavy atom. The van der Waals surface area contributed by atoms with Gasteiger partial charge in [0.1, 0.15) is 26.4 Å². The highest BCUT2D eigenvalue weighted by atomic mass is 16.5. The molecule has 88 heavy (non-hydrogen) atoms. The Hall–Kier alpha value is -6.31. The van der Waals surface area contributed by atoms with Crippen molar-refractivity contribution in [3.63, 3.8) is 0 Å². The molecule has 0 fully saturated rings. The number of carbonyl (C=O) groups is 9. The molecule has 0 aromatic carbocycles. The molecule has 0 aliphatic heterocycles. The number of nitrogens with one attached hydrogen (secondary N) is 11. The van der Waals surface area contributed by atoms with Crippen LogP contribution < -0.4 is 70.0 Å². The van der Waals surface area contributed by atoms with Crippen molar-refractivity contribution in [1.29, 1.82) is 0 Å². The molecule has 17 N–H and O–H groups in total. The normalized spacial score (nSPS) is 12.8. The van der Waals surface area contributed by atoms with Gasteiger partial charge in [0.05, 0.1) is 122 Å². The van der Waals surface area contributed by atoms with E-state index < -0.39 is 23.4 Å². The standard InChI is InChI=1S/C54H103N15O19/c1-40(41(2)68-79)62-32-43(33-66-54(4,5)42(3)69-80)67-48(73)14-9-13-45(70)57-15-7-6-10-44(53(56)78)64-39-65-52(77)37-88-31-27-84-23-19-61-50(75)35-86-29-25-82-21-17-59-47(72)12-8-11-46(71)58-16-20-81-24-28-85-34-49(74)60-18-22-83-26-30-87-36-51(76)63-38-55/h40,43-44,62,64,66,79-80H,6-39,55H2,1-5H3,(H2,56,78)(H,57,70)(H,58,71)(H,59,72)(H,60,74)(H,61,75)(H,63,76)(H,65,77)(H,67,73)/b68-41+,69-42+/t40?,43?,44-/m0/s1. The van der Waals surface area contributed by atoms with Crippen molar-refractivity contribution in [3.8, 4) is 0 Å². The molecule has 0 heterocycles. The molecular formula is C54H103N15O19. The molecule has 0 saturated carbocycles. The van der Waals surface area contributed by atoms with Crippen LogP contribution in [0.25, 0.3) is 0 Å². The maximum atomic E-state index is 12.8. The van der Waals surface area contributed by atoms with Crippen molar-refractivity contribution in [2.24, 2.45) is 21.8 Å². The van der Waals surface area contributed by atoms with Gasteiger partial charge >= 0.3 is 0 Å². The van der Waals surface area contributed by atoms with Gasteiger partial charge in [-0.3, -0.25) is 48.5 Å². The van der Waals surface area contributed by atoms with E-state index in [2.05, 4.69) is 68.8 Å². The summed E-state index contributed by atoms with van der Waals surface area (Å²) in [5, 5.41) is 55.7. The van der Waals surface area contributed by atoms with Crippen LogP contribution in [0.15, 0.2) is 10.3 Å². The fourth-order valence-electron chi connectivity index (χ4n) is 6.97. The number of hydrogen-bond acceptors (Lipinski definition) is 25. The van der Waals surface area contributed by atoms with Crippen molar-refractivity contribution in [2.75, 3.05) is 165 Å². The monoisotopic (exact) mass is 1270 g/mol. The van der Waals surface area contributed by atoms with Crippen LogP contribution in [0.3, 0.4) is 0 Å². The highest BCUT2D eigenvalue weighted by Gasteiger charge is 2.25. The Morgan fingerprint density at radius 2 is 0.864 bits per heavy atom. The highest BCUT2D eigenvalue weighted by molar-refractivity contribution is 5.90. The van der Waals surface area contributed by atoms with E-state index in [1.165, 1.54) is 0 Å². The van der Waals surface area contributed by atoms with E-state index in [1.807, 2.05) is 20.8 Å². The largest absolute Gasteiger partial charge is 0.411 e. The molecule has 0 aromatic heterocycles. The molecule has 2 unspecified atom stereocenters. The predicted molar refractivity (Wildman–Crippen MR) is 321 cm³/mol. The summed E-state index contributed by atoms with van der Waals surface area (Å²) in [6, 6.07) is -1.34. The topological polar surface area (TPSA) is 477 Å². The van der Waals surface area contributed by atoms with Gasteiger partial charge in [-0.15, -0.1) is 0 Å². The summed E-state index contributed by atoms with van der Waals surface area (Å²) in [5.41, 5.74) is 11.0. The Balaban J connectivity index is 3.85. The van der Waals surface area contributed by atoms with Crippen LogP contribution in [-0.2, 0) is 81.0 Å². The van der Waals surface area contributed by atoms with Crippen LogP contribution in [-0.4, -0.2) is 264 Å². The first-order valence-electron chi connectivity index (χ1n) is 29.6. The molecule has 0 bridgehead atoms. The van der Waals surface area contributed by atoms with Gasteiger partial charge in [-0.2, -0.15) is 0 Å². The van der Waals surface area contributed by atoms with E-state index in [9.17, 15) is 48.4 Å². The fourth-order valence-corrected chi connectivity index (χ4v) is 6.97. The lowest BCUT2D eigenvalue weighted by molar-refractivity contribution is -0.127. The molecule has 34 heteroatoms. The van der Waals surface area contributed by atoms with Gasteiger partial charge < -0.3 is 113 Å². The Kier molecular flexibility index (Phi) is 50.9. The van der Waals surface area contributed by atoms with Crippen molar-refractivity contribution >= 4 is 64.6 Å². The van der Waals surface area contributed by atoms with E-state index in [4.69, 9.17) is 54.6 Å². The van der Waals surface area contributed by atoms with E-state index in [0.717, 1.165) is 0 Å². The van der Waals surface area contributed by atoms with Crippen molar-refractivity contribution < 1.29 is 91.5 Å². The Bertz CT molecular complexity index is 2030. The van der Waals surface area contributed by atoms with Crippen LogP contribution in [0, 0.1) is 0 Å². The Labute approximate surface area is 515 Å². The summed E-state index contributed by atoms with van der Waals surface area (Å²) >= 11 is 0. The molecule has 0 radical (unpaired) electrons. The van der Waals surface area contributed by atoms with E-state index in [-0.39, 0.29) is 224 Å². The second-order valence-electron chi connectivity index (χ2n) is 20.2. The van der Waals surface area contributed by atoms with E-state index in [1.54, 1.807) is 13.8 Å². The number of unbranched alkanes of at least 4 members (excludes halogenated alkanes) is 1. The number of carbonyl (C=O) groups excluding carboxylic acids is 9. The number of nitrogens with two attached hydrogens (primary N) is 2. The van der Waals surface area contributed by atoms with Gasteiger partial charge in [-0.1, -0.05) is 10.3 Å². The number of nitrogens with zero attached hydrogens (tertiary/aromatic N) is 2. The zero-order valence-electron chi connectivity index (χ0n) is 52.2. The smallest absolute Gasteiger partial charge is 0.246 e. The lowest BCUT2D eigenvalue weighted by atomic mass is 9.99. The van der Waals surface area contributed by atoms with Gasteiger partial charge in [0.2, 0.25) is 53.2 Å². The number of ether oxygens (including phenoxy) is 8. The zero-order valence-corrected chi connectivity index (χ0v) is 52.2. The summed E-state index contributed by atoms with van der Waals surface area (Å²) < 4.78 is 42.5. The third-order valence-corrected chi connectivity index (χ3v) is 12.5. The minimum absolute atomic E-state index is 0.0328. The number of hydrogen-bond donors (Lipinski definition) is 15. The van der Waals surface area contributed by atoms with Crippen LogP contribution in [0.2, 0.25) is 0 Å². The van der Waals surface area contributed by atoms with Gasteiger partial charge in [0, 0.05) is 77.5 Å². The molecule has 0 saturated heterocycles. The molecule has 3 atom stereocenters. The molecule has 0 aliphatic rings. The number of amides is 9. The van der Waals surface area contributed by atoms with Gasteiger partial charge in [-0.25, -0.2) is 0 Å². The van der Waals surface area contributed by atoms with Gasteiger partial charge in [0.15, 0.2) is 0 Å². The van der Waals surface area contributed by atoms with Crippen LogP contribution in [0.1, 0.15) is 92.4 Å². The summed E-state index contributed by atoms with van der Waals surface area (Å²) in [7, 11) is 0. The quantitative estimate of drug-likeness (QED) is 0.00894. The number of rotatable bonds is 59. The highest BCUT2D eigenvalue weighted by Crippen LogP contribution is 2.06. The Morgan fingerprint density at radius 1 is 0.466 bits per heavy atom. The number of oxime groups is 2. The van der Waals surface area contributed by atoms with Crippen LogP contribution >= 0.6 is 0 Å². The second-order valence-corrected chi connectivity index (χ2v) is 20.2. The van der Waals surface area contributed by atoms with Gasteiger partial charge in [-0.05, 0) is 66.7 Å². The molecule has 9 amide bonds. The predicted octanol–water partition coefficient (Wildman–Crippen LogP) is -4.71. The third kappa shape index (κ3) is 49.7. The average Bonchev–Trinajstić information content (AvgIpc) is 3.69. The minimum atomic E-state index is -0.722. The molecular weight excluding hydrogens is 1160 g/mol. The fraction of sp³-hybridized carbons (Fsp3) is 0.796. The summed E-state index contributed by atoms with van der Waals surface area (Å²) in [6.07, 6.45) is 2.73. The first kappa shape index (κ1) is 81.7. The molecule has 0 aromatic rings. The summed E-state index contributed by atoms with van der Waals surface area (Å²) in [4.78, 5) is 109. The lowest BCUT2D eigenvalue weighted by Crippen LogP contribution is -2.55.